The van der Waals surface area contributed by atoms with Crippen molar-refractivity contribution in [3.63, 3.8) is 0 Å². The fourth-order valence-electron chi connectivity index (χ4n) is 3.77. The third-order valence-corrected chi connectivity index (χ3v) is 5.03. The number of nitrogens with two attached hydrogens (primary N) is 1. The van der Waals surface area contributed by atoms with Crippen molar-refractivity contribution in [1.82, 2.24) is 15.2 Å². The molecule has 3 fully saturated rings. The van der Waals surface area contributed by atoms with Gasteiger partial charge in [0.15, 0.2) is 0 Å². The molecule has 0 bridgehead atoms. The van der Waals surface area contributed by atoms with Gasteiger partial charge in [0.2, 0.25) is 5.96 Å². The Morgan fingerprint density at radius 1 is 1.05 bits per heavy atom. The molecule has 120 valence electrons. The lowest BCUT2D eigenvalue weighted by Crippen LogP contribution is -2.48. The van der Waals surface area contributed by atoms with Crippen molar-refractivity contribution in [1.29, 1.82) is 0 Å². The predicted molar refractivity (Wildman–Crippen MR) is 84.0 cm³/mol. The average Bonchev–Trinajstić information content (AvgIpc) is 3.04. The topological polar surface area (TPSA) is 66.1 Å². The minimum Gasteiger partial charge on any atom is -0.379 e. The van der Waals surface area contributed by atoms with Gasteiger partial charge in [-0.1, -0.05) is 19.3 Å². The summed E-state index contributed by atoms with van der Waals surface area (Å²) >= 11 is 0. The van der Waals surface area contributed by atoms with Crippen LogP contribution < -0.4 is 11.3 Å². The molecular formula is C15H29N5O. The Kier molecular flexibility index (Phi) is 5.32. The molecule has 6 nitrogen and oxygen atoms in total. The summed E-state index contributed by atoms with van der Waals surface area (Å²) in [7, 11) is 0. The molecule has 1 unspecified atom stereocenters. The van der Waals surface area contributed by atoms with Crippen molar-refractivity contribution in [2.45, 2.75) is 50.6 Å². The molecule has 1 aliphatic carbocycles. The Hall–Kier alpha value is -0.850. The molecule has 1 saturated carbocycles. The number of hydrazine groups is 1. The molecule has 0 radical (unpaired) electrons. The quantitative estimate of drug-likeness (QED) is 0.337. The highest BCUT2D eigenvalue weighted by atomic mass is 16.5. The van der Waals surface area contributed by atoms with Crippen molar-refractivity contribution in [3.05, 3.63) is 0 Å². The highest BCUT2D eigenvalue weighted by Crippen LogP contribution is 2.22. The first-order valence-electron chi connectivity index (χ1n) is 8.48. The van der Waals surface area contributed by atoms with Crippen LogP contribution in [-0.4, -0.2) is 67.2 Å². The monoisotopic (exact) mass is 295 g/mol. The molecule has 1 atom stereocenters. The first kappa shape index (κ1) is 15.1. The van der Waals surface area contributed by atoms with Crippen molar-refractivity contribution in [3.8, 4) is 0 Å². The Morgan fingerprint density at radius 3 is 2.52 bits per heavy atom. The van der Waals surface area contributed by atoms with Gasteiger partial charge in [-0.05, 0) is 19.3 Å². The summed E-state index contributed by atoms with van der Waals surface area (Å²) in [4.78, 5) is 9.76. The van der Waals surface area contributed by atoms with E-state index >= 15 is 0 Å². The average molecular weight is 295 g/mol. The molecule has 2 heterocycles. The van der Waals surface area contributed by atoms with Gasteiger partial charge in [-0.25, -0.2) is 10.8 Å². The largest absolute Gasteiger partial charge is 0.379 e. The zero-order chi connectivity index (χ0) is 14.5. The van der Waals surface area contributed by atoms with E-state index in [0.29, 0.717) is 12.1 Å². The Bertz CT molecular complexity index is 350. The second kappa shape index (κ2) is 7.42. The Morgan fingerprint density at radius 2 is 1.81 bits per heavy atom. The highest BCUT2D eigenvalue weighted by molar-refractivity contribution is 5.80. The first-order chi connectivity index (χ1) is 10.4. The summed E-state index contributed by atoms with van der Waals surface area (Å²) < 4.78 is 5.44. The van der Waals surface area contributed by atoms with E-state index in [-0.39, 0.29) is 0 Å². The SMILES string of the molecule is NNC(=NC1CCCCC1)N1CCC(N2CCOCC2)C1. The van der Waals surface area contributed by atoms with E-state index in [1.165, 1.54) is 38.5 Å². The van der Waals surface area contributed by atoms with E-state index in [0.717, 1.165) is 45.4 Å². The Balaban J connectivity index is 1.56. The fraction of sp³-hybridized carbons (Fsp3) is 0.933. The van der Waals surface area contributed by atoms with Gasteiger partial charge < -0.3 is 9.64 Å². The van der Waals surface area contributed by atoms with Crippen LogP contribution in [0.4, 0.5) is 0 Å². The van der Waals surface area contributed by atoms with Crippen LogP contribution >= 0.6 is 0 Å². The lowest BCUT2D eigenvalue weighted by Gasteiger charge is -2.32. The smallest absolute Gasteiger partial charge is 0.208 e. The zero-order valence-corrected chi connectivity index (χ0v) is 13.0. The van der Waals surface area contributed by atoms with Crippen LogP contribution in [-0.2, 0) is 4.74 Å². The van der Waals surface area contributed by atoms with Crippen molar-refractivity contribution in [2.24, 2.45) is 10.8 Å². The van der Waals surface area contributed by atoms with E-state index in [1.54, 1.807) is 0 Å². The summed E-state index contributed by atoms with van der Waals surface area (Å²) in [6, 6.07) is 1.09. The second-order valence-electron chi connectivity index (χ2n) is 6.43. The maximum Gasteiger partial charge on any atom is 0.208 e. The molecular weight excluding hydrogens is 266 g/mol. The van der Waals surface area contributed by atoms with Crippen molar-refractivity contribution >= 4 is 5.96 Å². The predicted octanol–water partition coefficient (Wildman–Crippen LogP) is 0.545. The van der Waals surface area contributed by atoms with E-state index in [9.17, 15) is 0 Å². The molecule has 3 N–H and O–H groups in total. The maximum absolute atomic E-state index is 5.74. The van der Waals surface area contributed by atoms with E-state index in [2.05, 4.69) is 15.2 Å². The molecule has 3 rings (SSSR count). The second-order valence-corrected chi connectivity index (χ2v) is 6.43. The van der Waals surface area contributed by atoms with Crippen LogP contribution in [0, 0.1) is 0 Å². The number of ether oxygens (including phenoxy) is 1. The van der Waals surface area contributed by atoms with Crippen LogP contribution in [0.3, 0.4) is 0 Å². The highest BCUT2D eigenvalue weighted by Gasteiger charge is 2.30. The van der Waals surface area contributed by atoms with Gasteiger partial charge in [-0.15, -0.1) is 0 Å². The number of rotatable bonds is 2. The number of hydrogen-bond donors (Lipinski definition) is 2. The van der Waals surface area contributed by atoms with Gasteiger partial charge in [0.25, 0.3) is 0 Å². The summed E-state index contributed by atoms with van der Waals surface area (Å²) in [6.45, 7) is 5.95. The van der Waals surface area contributed by atoms with Crippen LogP contribution in [0.2, 0.25) is 0 Å². The van der Waals surface area contributed by atoms with E-state index in [4.69, 9.17) is 15.6 Å². The van der Waals surface area contributed by atoms with Crippen molar-refractivity contribution < 1.29 is 4.74 Å². The lowest BCUT2D eigenvalue weighted by atomic mass is 9.96. The fourth-order valence-corrected chi connectivity index (χ4v) is 3.77. The van der Waals surface area contributed by atoms with Gasteiger partial charge in [-0.3, -0.25) is 10.3 Å². The number of guanidine groups is 1. The minimum absolute atomic E-state index is 0.465. The number of morpholine rings is 1. The van der Waals surface area contributed by atoms with Crippen LogP contribution in [0.1, 0.15) is 38.5 Å². The van der Waals surface area contributed by atoms with Crippen molar-refractivity contribution in [2.75, 3.05) is 39.4 Å². The molecule has 0 aromatic rings. The van der Waals surface area contributed by atoms with Gasteiger partial charge in [-0.2, -0.15) is 0 Å². The molecule has 2 aliphatic heterocycles. The summed E-state index contributed by atoms with van der Waals surface area (Å²) in [5.41, 5.74) is 2.85. The number of hydrogen-bond acceptors (Lipinski definition) is 4. The Labute approximate surface area is 127 Å². The van der Waals surface area contributed by atoms with E-state index < -0.39 is 0 Å². The van der Waals surface area contributed by atoms with Crippen LogP contribution in [0.25, 0.3) is 0 Å². The lowest BCUT2D eigenvalue weighted by molar-refractivity contribution is 0.0194. The standard InChI is InChI=1S/C15H29N5O/c16-18-15(17-13-4-2-1-3-5-13)20-7-6-14(12-20)19-8-10-21-11-9-19/h13-14H,1-12,16H2,(H,17,18). The molecule has 2 saturated heterocycles. The number of nitrogens with zero attached hydrogens (tertiary/aromatic N) is 3. The third kappa shape index (κ3) is 3.87. The number of nitrogens with one attached hydrogen (secondary N) is 1. The minimum atomic E-state index is 0.465. The normalized spacial score (nSPS) is 29.9. The van der Waals surface area contributed by atoms with Gasteiger partial charge in [0.1, 0.15) is 0 Å². The van der Waals surface area contributed by atoms with E-state index in [1.807, 2.05) is 0 Å². The van der Waals surface area contributed by atoms with Crippen LogP contribution in [0.5, 0.6) is 0 Å². The molecule has 6 heteroatoms. The third-order valence-electron chi connectivity index (χ3n) is 5.03. The summed E-state index contributed by atoms with van der Waals surface area (Å²) in [5, 5.41) is 0. The summed E-state index contributed by atoms with van der Waals surface area (Å²) in [6.07, 6.45) is 7.61. The molecule has 3 aliphatic rings. The molecule has 0 spiro atoms. The molecule has 21 heavy (non-hydrogen) atoms. The number of likely N-dealkylation sites (tertiary alicyclic amines) is 1. The van der Waals surface area contributed by atoms with Gasteiger partial charge in [0, 0.05) is 32.2 Å². The van der Waals surface area contributed by atoms with Crippen LogP contribution in [0.15, 0.2) is 4.99 Å². The summed E-state index contributed by atoms with van der Waals surface area (Å²) in [5.74, 6) is 6.64. The number of aliphatic imine (C=N–C) groups is 1. The molecule has 0 aromatic heterocycles. The first-order valence-corrected chi connectivity index (χ1v) is 8.48. The van der Waals surface area contributed by atoms with Gasteiger partial charge in [0.05, 0.1) is 19.3 Å². The maximum atomic E-state index is 5.74. The zero-order valence-electron chi connectivity index (χ0n) is 13.0. The van der Waals surface area contributed by atoms with Gasteiger partial charge >= 0.3 is 0 Å². The molecule has 0 amide bonds. The molecule has 0 aromatic carbocycles.